The van der Waals surface area contributed by atoms with Gasteiger partial charge in [0, 0.05) is 18.6 Å². The lowest BCUT2D eigenvalue weighted by Crippen LogP contribution is -2.30. The Kier molecular flexibility index (Phi) is 13.3. The van der Waals surface area contributed by atoms with Crippen molar-refractivity contribution in [3.8, 4) is 11.5 Å². The van der Waals surface area contributed by atoms with E-state index >= 15 is 0 Å². The van der Waals surface area contributed by atoms with Crippen LogP contribution in [-0.2, 0) is 36.7 Å². The van der Waals surface area contributed by atoms with Crippen LogP contribution in [0.5, 0.6) is 11.5 Å². The Morgan fingerprint density at radius 3 is 2.03 bits per heavy atom. The molecule has 0 aliphatic heterocycles. The third-order valence-corrected chi connectivity index (χ3v) is 5.48. The van der Waals surface area contributed by atoms with Crippen molar-refractivity contribution in [2.24, 2.45) is 0 Å². The number of esters is 3. The molecule has 0 amide bonds. The minimum absolute atomic E-state index is 0.0206. The number of carbonyl (C=O) groups excluding carboxylic acids is 3. The SMILES string of the molecule is C=CC(=O)OCC(COc1ccc(CCC(=O)Oc2ccc(CCCCCC)cc2)cc1)OC(=O)C=C. The molecule has 0 spiro atoms. The fourth-order valence-corrected chi connectivity index (χ4v) is 3.41. The van der Waals surface area contributed by atoms with Crippen molar-refractivity contribution in [1.29, 1.82) is 0 Å². The second kappa shape index (κ2) is 16.7. The van der Waals surface area contributed by atoms with E-state index in [2.05, 4.69) is 20.1 Å². The van der Waals surface area contributed by atoms with Crippen molar-refractivity contribution in [2.45, 2.75) is 58.0 Å². The van der Waals surface area contributed by atoms with Gasteiger partial charge in [-0.2, -0.15) is 0 Å². The molecular weight excluding hydrogens is 472 g/mol. The van der Waals surface area contributed by atoms with Crippen LogP contribution in [0.2, 0.25) is 0 Å². The second-order valence-electron chi connectivity index (χ2n) is 8.48. The van der Waals surface area contributed by atoms with Gasteiger partial charge in [0.15, 0.2) is 6.10 Å². The summed E-state index contributed by atoms with van der Waals surface area (Å²) >= 11 is 0. The van der Waals surface area contributed by atoms with Crippen LogP contribution >= 0.6 is 0 Å². The normalized spacial score (nSPS) is 11.2. The van der Waals surface area contributed by atoms with Gasteiger partial charge in [0.05, 0.1) is 0 Å². The second-order valence-corrected chi connectivity index (χ2v) is 8.48. The Morgan fingerprint density at radius 2 is 1.41 bits per heavy atom. The van der Waals surface area contributed by atoms with Crippen molar-refractivity contribution in [3.05, 3.63) is 85.0 Å². The Balaban J connectivity index is 1.76. The van der Waals surface area contributed by atoms with E-state index in [0.717, 1.165) is 24.1 Å². The van der Waals surface area contributed by atoms with E-state index in [1.165, 1.54) is 31.2 Å². The third-order valence-electron chi connectivity index (χ3n) is 5.48. The maximum atomic E-state index is 12.3. The third kappa shape index (κ3) is 12.1. The molecule has 7 heteroatoms. The molecule has 1 atom stereocenters. The Bertz CT molecular complexity index is 1010. The zero-order valence-corrected chi connectivity index (χ0v) is 21.5. The molecule has 0 fully saturated rings. The fraction of sp³-hybridized carbons (Fsp3) is 0.367. The maximum absolute atomic E-state index is 12.3. The first-order valence-electron chi connectivity index (χ1n) is 12.6. The van der Waals surface area contributed by atoms with Gasteiger partial charge in [0.1, 0.15) is 24.7 Å². The van der Waals surface area contributed by atoms with Crippen LogP contribution in [0, 0.1) is 0 Å². The van der Waals surface area contributed by atoms with E-state index < -0.39 is 18.0 Å². The molecule has 0 saturated carbocycles. The molecule has 0 aliphatic rings. The van der Waals surface area contributed by atoms with Crippen molar-refractivity contribution in [3.63, 3.8) is 0 Å². The van der Waals surface area contributed by atoms with Gasteiger partial charge >= 0.3 is 17.9 Å². The van der Waals surface area contributed by atoms with Gasteiger partial charge in [-0.15, -0.1) is 0 Å². The van der Waals surface area contributed by atoms with Gasteiger partial charge in [-0.05, 0) is 54.7 Å². The monoisotopic (exact) mass is 508 g/mol. The first-order valence-corrected chi connectivity index (χ1v) is 12.6. The molecule has 2 rings (SSSR count). The average molecular weight is 509 g/mol. The quantitative estimate of drug-likeness (QED) is 0.120. The summed E-state index contributed by atoms with van der Waals surface area (Å²) in [6.45, 7) is 8.68. The highest BCUT2D eigenvalue weighted by Gasteiger charge is 2.16. The van der Waals surface area contributed by atoms with Gasteiger partial charge in [-0.25, -0.2) is 9.59 Å². The van der Waals surface area contributed by atoms with E-state index in [-0.39, 0.29) is 25.6 Å². The van der Waals surface area contributed by atoms with Crippen molar-refractivity contribution in [1.82, 2.24) is 0 Å². The molecule has 0 aromatic heterocycles. The van der Waals surface area contributed by atoms with Gasteiger partial charge in [-0.3, -0.25) is 4.79 Å². The molecule has 0 aliphatic carbocycles. The van der Waals surface area contributed by atoms with E-state index in [4.69, 9.17) is 18.9 Å². The number of unbranched alkanes of at least 4 members (excludes halogenated alkanes) is 3. The molecule has 37 heavy (non-hydrogen) atoms. The lowest BCUT2D eigenvalue weighted by atomic mass is 10.1. The van der Waals surface area contributed by atoms with Crippen molar-refractivity contribution < 1.29 is 33.3 Å². The summed E-state index contributed by atoms with van der Waals surface area (Å²) in [6, 6.07) is 14.9. The number of rotatable bonds is 17. The molecule has 7 nitrogen and oxygen atoms in total. The highest BCUT2D eigenvalue weighted by molar-refractivity contribution is 5.82. The van der Waals surface area contributed by atoms with E-state index in [1.54, 1.807) is 12.1 Å². The van der Waals surface area contributed by atoms with Gasteiger partial charge in [-0.1, -0.05) is 63.6 Å². The molecule has 0 heterocycles. The Morgan fingerprint density at radius 1 is 0.784 bits per heavy atom. The largest absolute Gasteiger partial charge is 0.490 e. The summed E-state index contributed by atoms with van der Waals surface area (Å²) in [4.78, 5) is 35.1. The predicted molar refractivity (Wildman–Crippen MR) is 141 cm³/mol. The van der Waals surface area contributed by atoms with Crippen LogP contribution in [0.25, 0.3) is 0 Å². The highest BCUT2D eigenvalue weighted by Crippen LogP contribution is 2.17. The zero-order chi connectivity index (χ0) is 26.9. The predicted octanol–water partition coefficient (Wildman–Crippen LogP) is 5.55. The lowest BCUT2D eigenvalue weighted by Gasteiger charge is -2.17. The number of carbonyl (C=O) groups is 3. The molecule has 0 radical (unpaired) electrons. The summed E-state index contributed by atoms with van der Waals surface area (Å²) in [5, 5.41) is 0. The van der Waals surface area contributed by atoms with Crippen LogP contribution in [0.15, 0.2) is 73.8 Å². The van der Waals surface area contributed by atoms with E-state index in [9.17, 15) is 14.4 Å². The Labute approximate surface area is 219 Å². The summed E-state index contributed by atoms with van der Waals surface area (Å²) < 4.78 is 21.2. The van der Waals surface area contributed by atoms with Crippen LogP contribution in [0.1, 0.15) is 50.2 Å². The highest BCUT2D eigenvalue weighted by atomic mass is 16.6. The molecule has 2 aromatic carbocycles. The van der Waals surface area contributed by atoms with Gasteiger partial charge < -0.3 is 18.9 Å². The number of ether oxygens (including phenoxy) is 4. The summed E-state index contributed by atoms with van der Waals surface area (Å²) in [5.74, 6) is -0.481. The molecule has 2 aromatic rings. The summed E-state index contributed by atoms with van der Waals surface area (Å²) in [6.07, 6.45) is 7.92. The Hall–Kier alpha value is -3.87. The summed E-state index contributed by atoms with van der Waals surface area (Å²) in [5.41, 5.74) is 2.20. The summed E-state index contributed by atoms with van der Waals surface area (Å²) in [7, 11) is 0. The van der Waals surface area contributed by atoms with Crippen LogP contribution in [-0.4, -0.2) is 37.2 Å². The van der Waals surface area contributed by atoms with Crippen LogP contribution < -0.4 is 9.47 Å². The molecular formula is C30H36O7. The molecule has 0 saturated heterocycles. The minimum Gasteiger partial charge on any atom is -0.490 e. The molecule has 0 bridgehead atoms. The number of hydrogen-bond donors (Lipinski definition) is 0. The standard InChI is InChI=1S/C30H36O7/c1-4-7-8-9-10-23-13-18-26(19-14-23)36-30(33)20-15-24-11-16-25(17-12-24)34-21-27(37-29(32)6-3)22-35-28(31)5-2/h5-6,11-14,16-19,27H,2-4,7-10,15,20-22H2,1H3. The fourth-order valence-electron chi connectivity index (χ4n) is 3.41. The number of aryl methyl sites for hydroxylation is 2. The van der Waals surface area contributed by atoms with Crippen LogP contribution in [0.4, 0.5) is 0 Å². The molecule has 0 N–H and O–H groups in total. The molecule has 198 valence electrons. The topological polar surface area (TPSA) is 88.1 Å². The number of benzene rings is 2. The average Bonchev–Trinajstić information content (AvgIpc) is 2.92. The van der Waals surface area contributed by atoms with Gasteiger partial charge in [0.2, 0.25) is 0 Å². The molecule has 1 unspecified atom stereocenters. The first-order chi connectivity index (χ1) is 17.9. The van der Waals surface area contributed by atoms with Crippen LogP contribution in [0.3, 0.4) is 0 Å². The van der Waals surface area contributed by atoms with E-state index in [0.29, 0.717) is 17.9 Å². The van der Waals surface area contributed by atoms with Crippen molar-refractivity contribution in [2.75, 3.05) is 13.2 Å². The van der Waals surface area contributed by atoms with Crippen molar-refractivity contribution >= 4 is 17.9 Å². The smallest absolute Gasteiger partial charge is 0.330 e. The van der Waals surface area contributed by atoms with E-state index in [1.807, 2.05) is 36.4 Å². The zero-order valence-electron chi connectivity index (χ0n) is 21.5. The lowest BCUT2D eigenvalue weighted by molar-refractivity contribution is -0.154. The maximum Gasteiger partial charge on any atom is 0.330 e. The van der Waals surface area contributed by atoms with Gasteiger partial charge in [0.25, 0.3) is 0 Å². The minimum atomic E-state index is -0.807. The first kappa shape index (κ1) is 29.4. The number of hydrogen-bond acceptors (Lipinski definition) is 7.